The molecule has 8 nitrogen and oxygen atoms in total. The second-order valence-electron chi connectivity index (χ2n) is 8.62. The predicted octanol–water partition coefficient (Wildman–Crippen LogP) is 3.06. The van der Waals surface area contributed by atoms with Gasteiger partial charge in [-0.1, -0.05) is 12.1 Å². The lowest BCUT2D eigenvalue weighted by molar-refractivity contribution is 0.0662. The Morgan fingerprint density at radius 2 is 1.77 bits per heavy atom. The lowest BCUT2D eigenvalue weighted by Crippen LogP contribution is -2.23. The first-order valence-corrected chi connectivity index (χ1v) is 10.2. The molecule has 4 aromatic rings. The summed E-state index contributed by atoms with van der Waals surface area (Å²) in [5, 5.41) is 15.0. The first-order valence-electron chi connectivity index (χ1n) is 10.2. The molecule has 1 saturated carbocycles. The molecule has 1 unspecified atom stereocenters. The zero-order chi connectivity index (χ0) is 21.2. The number of rotatable bonds is 4. The number of hydrogen-bond acceptors (Lipinski definition) is 6. The van der Waals surface area contributed by atoms with Crippen molar-refractivity contribution in [2.75, 3.05) is 0 Å². The molecule has 0 saturated heterocycles. The van der Waals surface area contributed by atoms with Crippen molar-refractivity contribution in [1.82, 2.24) is 34.3 Å². The van der Waals surface area contributed by atoms with E-state index in [0.717, 1.165) is 29.0 Å². The minimum absolute atomic E-state index is 0.288. The van der Waals surface area contributed by atoms with E-state index in [1.54, 1.807) is 18.5 Å². The number of imidazole rings is 1. The molecule has 0 bridgehead atoms. The van der Waals surface area contributed by atoms with Gasteiger partial charge in [-0.3, -0.25) is 0 Å². The van der Waals surface area contributed by atoms with Crippen molar-refractivity contribution in [3.05, 3.63) is 59.3 Å². The third kappa shape index (κ3) is 3.08. The maximum Gasteiger partial charge on any atom is 0.165 e. The minimum atomic E-state index is -1.13. The molecule has 0 amide bonds. The average molecular weight is 403 g/mol. The number of aliphatic hydroxyl groups is 1. The number of fused-ring (bicyclic) bond motifs is 1. The van der Waals surface area contributed by atoms with E-state index in [1.807, 2.05) is 38.1 Å². The highest BCUT2D eigenvalue weighted by molar-refractivity contribution is 5.76. The van der Waals surface area contributed by atoms with Gasteiger partial charge in [0.25, 0.3) is 0 Å². The largest absolute Gasteiger partial charge is 0.382 e. The van der Waals surface area contributed by atoms with Gasteiger partial charge in [-0.15, -0.1) is 5.10 Å². The van der Waals surface area contributed by atoms with Crippen LogP contribution in [0.5, 0.6) is 0 Å². The summed E-state index contributed by atoms with van der Waals surface area (Å²) < 4.78 is 3.81. The van der Waals surface area contributed by atoms with E-state index in [1.165, 1.54) is 0 Å². The predicted molar refractivity (Wildman–Crippen MR) is 112 cm³/mol. The fourth-order valence-electron chi connectivity index (χ4n) is 4.15. The summed E-state index contributed by atoms with van der Waals surface area (Å²) in [6, 6.07) is 10.2. The minimum Gasteiger partial charge on any atom is -0.382 e. The van der Waals surface area contributed by atoms with Crippen molar-refractivity contribution in [2.45, 2.75) is 51.6 Å². The van der Waals surface area contributed by atoms with Gasteiger partial charge < -0.3 is 9.67 Å². The molecule has 30 heavy (non-hydrogen) atoms. The molecule has 0 spiro atoms. The quantitative estimate of drug-likeness (QED) is 0.563. The van der Waals surface area contributed by atoms with E-state index >= 15 is 0 Å². The number of para-hydroxylation sites is 2. The summed E-state index contributed by atoms with van der Waals surface area (Å²) in [6.45, 7) is 7.09. The summed E-state index contributed by atoms with van der Waals surface area (Å²) in [6.07, 6.45) is 1.00. The molecule has 5 rings (SSSR count). The highest BCUT2D eigenvalue weighted by atomic mass is 16.3. The smallest absolute Gasteiger partial charge is 0.165 e. The van der Waals surface area contributed by atoms with Gasteiger partial charge in [0.1, 0.15) is 23.1 Å². The van der Waals surface area contributed by atoms with Gasteiger partial charge in [0.15, 0.2) is 11.6 Å². The molecule has 1 aromatic carbocycles. The van der Waals surface area contributed by atoms with E-state index in [9.17, 15) is 5.11 Å². The lowest BCUT2D eigenvalue weighted by Gasteiger charge is -2.17. The van der Waals surface area contributed by atoms with Gasteiger partial charge in [-0.25, -0.2) is 19.9 Å². The highest BCUT2D eigenvalue weighted by Crippen LogP contribution is 2.54. The van der Waals surface area contributed by atoms with Crippen molar-refractivity contribution < 1.29 is 5.11 Å². The summed E-state index contributed by atoms with van der Waals surface area (Å²) in [5.41, 5.74) is 2.01. The number of hydrogen-bond donors (Lipinski definition) is 1. The molecule has 1 N–H and O–H groups in total. The van der Waals surface area contributed by atoms with Crippen LogP contribution in [0.2, 0.25) is 0 Å². The van der Waals surface area contributed by atoms with E-state index in [-0.39, 0.29) is 5.92 Å². The Kier molecular flexibility index (Phi) is 4.05. The molecule has 154 valence electrons. The third-order valence-electron chi connectivity index (χ3n) is 5.65. The van der Waals surface area contributed by atoms with Crippen molar-refractivity contribution in [3.8, 4) is 5.82 Å². The van der Waals surface area contributed by atoms with Crippen LogP contribution in [0.1, 0.15) is 61.1 Å². The summed E-state index contributed by atoms with van der Waals surface area (Å²) in [7, 11) is 2.07. The molecule has 0 radical (unpaired) electrons. The second-order valence-corrected chi connectivity index (χ2v) is 8.62. The zero-order valence-corrected chi connectivity index (χ0v) is 17.8. The maximum absolute atomic E-state index is 10.5. The molecule has 1 fully saturated rings. The topological polar surface area (TPSA) is 94.5 Å². The van der Waals surface area contributed by atoms with Crippen LogP contribution >= 0.6 is 0 Å². The van der Waals surface area contributed by atoms with Crippen LogP contribution in [0.15, 0.2) is 30.3 Å². The van der Waals surface area contributed by atoms with Gasteiger partial charge in [0, 0.05) is 24.9 Å². The van der Waals surface area contributed by atoms with E-state index in [4.69, 9.17) is 9.97 Å². The molecule has 2 atom stereocenters. The Labute approximate surface area is 174 Å². The number of aromatic nitrogens is 7. The monoisotopic (exact) mass is 403 g/mol. The van der Waals surface area contributed by atoms with E-state index in [2.05, 4.69) is 32.7 Å². The van der Waals surface area contributed by atoms with Crippen LogP contribution in [0.4, 0.5) is 0 Å². The van der Waals surface area contributed by atoms with Crippen LogP contribution in [0.3, 0.4) is 0 Å². The molecule has 0 aliphatic heterocycles. The van der Waals surface area contributed by atoms with Crippen LogP contribution in [0, 0.1) is 13.8 Å². The van der Waals surface area contributed by atoms with Gasteiger partial charge in [-0.05, 0) is 46.2 Å². The maximum atomic E-state index is 10.5. The van der Waals surface area contributed by atoms with E-state index < -0.39 is 5.60 Å². The standard InChI is InChI=1S/C22H25N7O/c1-12-23-17(11-19(24-12)29-21(22(3,4)30)25-13(2)27-29)14-10-15(14)20-26-16-8-6-7-9-18(16)28(20)5/h6-9,11,14-15,30H,10H2,1-5H3/t14-,15?/m1/s1. The normalized spacial score (nSPS) is 18.9. The SMILES string of the molecule is Cc1nc([C@@H]2CC2c2nc3ccccc3n2C)cc(-n2nc(C)nc2C(C)(C)O)n1. The van der Waals surface area contributed by atoms with Gasteiger partial charge in [0.05, 0.1) is 16.7 Å². The summed E-state index contributed by atoms with van der Waals surface area (Å²) in [5.74, 6) is 4.07. The second kappa shape index (κ2) is 6.43. The Bertz CT molecular complexity index is 1260. The van der Waals surface area contributed by atoms with Crippen molar-refractivity contribution in [3.63, 3.8) is 0 Å². The van der Waals surface area contributed by atoms with Crippen molar-refractivity contribution in [1.29, 1.82) is 0 Å². The first kappa shape index (κ1) is 18.9. The summed E-state index contributed by atoms with van der Waals surface area (Å²) in [4.78, 5) is 18.5. The highest BCUT2D eigenvalue weighted by Gasteiger charge is 2.44. The van der Waals surface area contributed by atoms with E-state index in [0.29, 0.717) is 29.2 Å². The molecular formula is C22H25N7O. The third-order valence-corrected chi connectivity index (χ3v) is 5.65. The Balaban J connectivity index is 1.52. The van der Waals surface area contributed by atoms with Crippen LogP contribution < -0.4 is 0 Å². The van der Waals surface area contributed by atoms with Crippen molar-refractivity contribution >= 4 is 11.0 Å². The molecule has 1 aliphatic rings. The zero-order valence-electron chi connectivity index (χ0n) is 17.8. The fraction of sp³-hybridized carbons (Fsp3) is 0.409. The molecule has 1 aliphatic carbocycles. The van der Waals surface area contributed by atoms with Gasteiger partial charge >= 0.3 is 0 Å². The molecule has 3 heterocycles. The van der Waals surface area contributed by atoms with Crippen LogP contribution in [-0.4, -0.2) is 39.4 Å². The summed E-state index contributed by atoms with van der Waals surface area (Å²) >= 11 is 0. The van der Waals surface area contributed by atoms with Gasteiger partial charge in [0.2, 0.25) is 0 Å². The van der Waals surface area contributed by atoms with Crippen LogP contribution in [0.25, 0.3) is 16.9 Å². The Morgan fingerprint density at radius 3 is 2.50 bits per heavy atom. The number of benzene rings is 1. The van der Waals surface area contributed by atoms with Crippen LogP contribution in [-0.2, 0) is 12.6 Å². The molecular weight excluding hydrogens is 378 g/mol. The lowest BCUT2D eigenvalue weighted by atomic mass is 10.1. The Hall–Kier alpha value is -3.13. The Morgan fingerprint density at radius 1 is 1.00 bits per heavy atom. The van der Waals surface area contributed by atoms with Crippen molar-refractivity contribution in [2.24, 2.45) is 7.05 Å². The fourth-order valence-corrected chi connectivity index (χ4v) is 4.15. The first-order chi connectivity index (χ1) is 14.2. The average Bonchev–Trinajstić information content (AvgIpc) is 3.27. The molecule has 8 heteroatoms. The number of aryl methyl sites for hydroxylation is 3. The molecule has 3 aromatic heterocycles. The van der Waals surface area contributed by atoms with Gasteiger partial charge in [-0.2, -0.15) is 4.68 Å². The number of nitrogens with zero attached hydrogens (tertiary/aromatic N) is 7.